The summed E-state index contributed by atoms with van der Waals surface area (Å²) in [5, 5.41) is 21.0. The van der Waals surface area contributed by atoms with E-state index >= 15 is 0 Å². The van der Waals surface area contributed by atoms with Crippen LogP contribution in [0.25, 0.3) is 0 Å². The van der Waals surface area contributed by atoms with Crippen molar-refractivity contribution in [2.24, 2.45) is 5.41 Å². The fraction of sp³-hybridized carbons (Fsp3) is 0.583. The highest BCUT2D eigenvalue weighted by molar-refractivity contribution is 5.88. The molecule has 0 aliphatic heterocycles. The van der Waals surface area contributed by atoms with Gasteiger partial charge in [0.1, 0.15) is 11.9 Å². The van der Waals surface area contributed by atoms with E-state index in [9.17, 15) is 4.79 Å². The zero-order valence-electron chi connectivity index (χ0n) is 10.7. The number of hydrogen-bond acceptors (Lipinski definition) is 5. The first-order valence-electron chi connectivity index (χ1n) is 5.80. The molecule has 1 aromatic heterocycles. The molecule has 0 aliphatic carbocycles. The van der Waals surface area contributed by atoms with Crippen LogP contribution in [0.2, 0.25) is 0 Å². The molecule has 1 heterocycles. The van der Waals surface area contributed by atoms with Crippen LogP contribution in [0.15, 0.2) is 12.5 Å². The molecule has 0 aliphatic rings. The number of nitrogens with zero attached hydrogens (tertiary/aromatic N) is 2. The first-order valence-corrected chi connectivity index (χ1v) is 5.80. The van der Waals surface area contributed by atoms with Crippen LogP contribution in [0.3, 0.4) is 0 Å². The van der Waals surface area contributed by atoms with E-state index in [4.69, 9.17) is 10.2 Å². The number of nitrogens with one attached hydrogen (secondary N) is 1. The lowest BCUT2D eigenvalue weighted by atomic mass is 9.90. The highest BCUT2D eigenvalue weighted by Crippen LogP contribution is 2.18. The zero-order chi connectivity index (χ0) is 13.6. The number of carboxylic acid groups (broad SMARTS) is 1. The van der Waals surface area contributed by atoms with Gasteiger partial charge in [-0.2, -0.15) is 0 Å². The standard InChI is InChI=1S/C12H19N3O3/c1-12(2,3-4-16)7-13-6-10-9(11(17)18)5-14-8-15-10/h5,8,13,16H,3-4,6-7H2,1-2H3,(H,17,18). The Bertz CT molecular complexity index is 407. The predicted molar refractivity (Wildman–Crippen MR) is 66.2 cm³/mol. The topological polar surface area (TPSA) is 95.3 Å². The maximum atomic E-state index is 10.9. The van der Waals surface area contributed by atoms with Crippen LogP contribution < -0.4 is 5.32 Å². The third-order valence-corrected chi connectivity index (χ3v) is 2.71. The van der Waals surface area contributed by atoms with Gasteiger partial charge < -0.3 is 15.5 Å². The normalized spacial score (nSPS) is 11.5. The molecule has 6 nitrogen and oxygen atoms in total. The smallest absolute Gasteiger partial charge is 0.339 e. The van der Waals surface area contributed by atoms with Gasteiger partial charge in [-0.1, -0.05) is 13.8 Å². The fourth-order valence-electron chi connectivity index (χ4n) is 1.58. The minimum Gasteiger partial charge on any atom is -0.478 e. The quantitative estimate of drug-likeness (QED) is 0.661. The average molecular weight is 253 g/mol. The molecule has 6 heteroatoms. The molecule has 0 amide bonds. The first-order chi connectivity index (χ1) is 8.46. The van der Waals surface area contributed by atoms with E-state index in [1.54, 1.807) is 0 Å². The highest BCUT2D eigenvalue weighted by atomic mass is 16.4. The van der Waals surface area contributed by atoms with E-state index in [-0.39, 0.29) is 17.6 Å². The van der Waals surface area contributed by atoms with Gasteiger partial charge in [0.15, 0.2) is 0 Å². The number of aliphatic hydroxyl groups is 1. The minimum atomic E-state index is -1.03. The van der Waals surface area contributed by atoms with E-state index in [1.165, 1.54) is 12.5 Å². The maximum Gasteiger partial charge on any atom is 0.339 e. The fourth-order valence-corrected chi connectivity index (χ4v) is 1.58. The molecule has 0 aromatic carbocycles. The zero-order valence-corrected chi connectivity index (χ0v) is 10.7. The second kappa shape index (κ2) is 6.42. The second-order valence-corrected chi connectivity index (χ2v) is 4.93. The molecular weight excluding hydrogens is 234 g/mol. The van der Waals surface area contributed by atoms with Crippen LogP contribution in [-0.2, 0) is 6.54 Å². The summed E-state index contributed by atoms with van der Waals surface area (Å²) in [5.41, 5.74) is 0.549. The van der Waals surface area contributed by atoms with Crippen molar-refractivity contribution in [3.05, 3.63) is 23.8 Å². The lowest BCUT2D eigenvalue weighted by molar-refractivity contribution is 0.0694. The van der Waals surface area contributed by atoms with Crippen LogP contribution in [0.5, 0.6) is 0 Å². The second-order valence-electron chi connectivity index (χ2n) is 4.93. The lowest BCUT2D eigenvalue weighted by Crippen LogP contribution is -2.30. The van der Waals surface area contributed by atoms with E-state index < -0.39 is 5.97 Å². The Balaban J connectivity index is 2.56. The Kier molecular flexibility index (Phi) is 5.18. The van der Waals surface area contributed by atoms with Gasteiger partial charge in [0.25, 0.3) is 0 Å². The summed E-state index contributed by atoms with van der Waals surface area (Å²) in [6, 6.07) is 0. The Morgan fingerprint density at radius 1 is 1.50 bits per heavy atom. The van der Waals surface area contributed by atoms with Gasteiger partial charge in [0.05, 0.1) is 5.69 Å². The van der Waals surface area contributed by atoms with Crippen LogP contribution in [-0.4, -0.2) is 39.3 Å². The number of carboxylic acids is 1. The van der Waals surface area contributed by atoms with Crippen molar-refractivity contribution in [1.29, 1.82) is 0 Å². The number of aromatic carboxylic acids is 1. The van der Waals surface area contributed by atoms with Gasteiger partial charge in [-0.15, -0.1) is 0 Å². The molecule has 0 fully saturated rings. The monoisotopic (exact) mass is 253 g/mol. The van der Waals surface area contributed by atoms with Crippen molar-refractivity contribution in [1.82, 2.24) is 15.3 Å². The molecule has 1 aromatic rings. The Labute approximate surface area is 106 Å². The van der Waals surface area contributed by atoms with Gasteiger partial charge in [0, 0.05) is 25.9 Å². The predicted octanol–water partition coefficient (Wildman–Crippen LogP) is 0.673. The van der Waals surface area contributed by atoms with Gasteiger partial charge in [-0.25, -0.2) is 14.8 Å². The number of carbonyl (C=O) groups is 1. The molecule has 0 saturated heterocycles. The third kappa shape index (κ3) is 4.38. The molecule has 18 heavy (non-hydrogen) atoms. The molecule has 3 N–H and O–H groups in total. The summed E-state index contributed by atoms with van der Waals surface area (Å²) in [6.45, 7) is 5.26. The summed E-state index contributed by atoms with van der Waals surface area (Å²) in [7, 11) is 0. The lowest BCUT2D eigenvalue weighted by Gasteiger charge is -2.23. The third-order valence-electron chi connectivity index (χ3n) is 2.71. The van der Waals surface area contributed by atoms with Gasteiger partial charge in [-0.3, -0.25) is 0 Å². The molecule has 0 bridgehead atoms. The van der Waals surface area contributed by atoms with Crippen LogP contribution in [0.1, 0.15) is 36.3 Å². The van der Waals surface area contributed by atoms with E-state index in [1.807, 2.05) is 13.8 Å². The molecule has 0 spiro atoms. The summed E-state index contributed by atoms with van der Waals surface area (Å²) in [4.78, 5) is 18.6. The number of aliphatic hydroxyl groups excluding tert-OH is 1. The summed E-state index contributed by atoms with van der Waals surface area (Å²) >= 11 is 0. The number of aromatic nitrogens is 2. The maximum absolute atomic E-state index is 10.9. The van der Waals surface area contributed by atoms with Crippen LogP contribution in [0.4, 0.5) is 0 Å². The molecule has 100 valence electrons. The molecular formula is C12H19N3O3. The van der Waals surface area contributed by atoms with Gasteiger partial charge in [-0.05, 0) is 11.8 Å². The van der Waals surface area contributed by atoms with Crippen molar-refractivity contribution in [3.63, 3.8) is 0 Å². The van der Waals surface area contributed by atoms with E-state index in [0.29, 0.717) is 25.2 Å². The number of rotatable bonds is 7. The SMILES string of the molecule is CC(C)(CCO)CNCc1ncncc1C(=O)O. The highest BCUT2D eigenvalue weighted by Gasteiger charge is 2.17. The summed E-state index contributed by atoms with van der Waals surface area (Å²) in [5.74, 6) is -1.03. The number of hydrogen-bond donors (Lipinski definition) is 3. The van der Waals surface area contributed by atoms with Crippen molar-refractivity contribution in [2.75, 3.05) is 13.2 Å². The molecule has 0 saturated carbocycles. The van der Waals surface area contributed by atoms with Crippen LogP contribution >= 0.6 is 0 Å². The summed E-state index contributed by atoms with van der Waals surface area (Å²) in [6.07, 6.45) is 3.32. The van der Waals surface area contributed by atoms with Gasteiger partial charge >= 0.3 is 5.97 Å². The van der Waals surface area contributed by atoms with Crippen molar-refractivity contribution in [2.45, 2.75) is 26.8 Å². The molecule has 0 unspecified atom stereocenters. The Morgan fingerprint density at radius 3 is 2.83 bits per heavy atom. The largest absolute Gasteiger partial charge is 0.478 e. The molecule has 0 atom stereocenters. The van der Waals surface area contributed by atoms with Crippen molar-refractivity contribution < 1.29 is 15.0 Å². The summed E-state index contributed by atoms with van der Waals surface area (Å²) < 4.78 is 0. The van der Waals surface area contributed by atoms with E-state index in [2.05, 4.69) is 15.3 Å². The van der Waals surface area contributed by atoms with Gasteiger partial charge in [0.2, 0.25) is 0 Å². The minimum absolute atomic E-state index is 0.0365. The van der Waals surface area contributed by atoms with E-state index in [0.717, 1.165) is 0 Å². The Morgan fingerprint density at radius 2 is 2.22 bits per heavy atom. The molecule has 0 radical (unpaired) electrons. The van der Waals surface area contributed by atoms with Crippen LogP contribution in [0, 0.1) is 5.41 Å². The van der Waals surface area contributed by atoms with Crippen molar-refractivity contribution >= 4 is 5.97 Å². The first kappa shape index (κ1) is 14.5. The average Bonchev–Trinajstić information content (AvgIpc) is 2.29. The molecule has 1 rings (SSSR count). The Hall–Kier alpha value is -1.53. The van der Waals surface area contributed by atoms with Crippen molar-refractivity contribution in [3.8, 4) is 0 Å².